The van der Waals surface area contributed by atoms with Crippen LogP contribution < -0.4 is 10.2 Å². The Morgan fingerprint density at radius 1 is 1.22 bits per heavy atom. The van der Waals surface area contributed by atoms with Crippen LogP contribution in [0, 0.1) is 11.4 Å². The van der Waals surface area contributed by atoms with Crippen LogP contribution in [0.1, 0.15) is 37.1 Å². The highest BCUT2D eigenvalue weighted by Gasteiger charge is 2.29. The third-order valence-corrected chi connectivity index (χ3v) is 6.35. The Kier molecular flexibility index (Phi) is 5.55. The Labute approximate surface area is 187 Å². The molecular weight excluding hydrogens is 407 g/mol. The lowest BCUT2D eigenvalue weighted by atomic mass is 9.76. The molecule has 8 heteroatoms. The smallest absolute Gasteiger partial charge is 0.215 e. The van der Waals surface area contributed by atoms with Crippen molar-refractivity contribution in [3.05, 3.63) is 53.2 Å². The van der Waals surface area contributed by atoms with E-state index in [1.54, 1.807) is 0 Å². The summed E-state index contributed by atoms with van der Waals surface area (Å²) >= 11 is 0. The van der Waals surface area contributed by atoms with Gasteiger partial charge in [-0.25, -0.2) is 9.97 Å². The van der Waals surface area contributed by atoms with Gasteiger partial charge in [-0.05, 0) is 48.4 Å². The second-order valence-electron chi connectivity index (χ2n) is 9.41. The summed E-state index contributed by atoms with van der Waals surface area (Å²) in [6.07, 6.45) is 4.81. The molecule has 4 heterocycles. The van der Waals surface area contributed by atoms with Crippen molar-refractivity contribution in [1.29, 1.82) is 0 Å². The summed E-state index contributed by atoms with van der Waals surface area (Å²) in [6, 6.07) is 7.36. The van der Waals surface area contributed by atoms with Crippen molar-refractivity contribution in [1.82, 2.24) is 20.2 Å². The zero-order valence-corrected chi connectivity index (χ0v) is 18.6. The Morgan fingerprint density at radius 3 is 2.91 bits per heavy atom. The number of hydrogen-bond donors (Lipinski definition) is 2. The SMILES string of the molecule is CC1(C)CCc2c(-c3cc(F)nc(NCc4ccnc(N5CCOCC5)c4)c3)n[nH]c2C1. The average molecular weight is 437 g/mol. The molecule has 1 aliphatic heterocycles. The van der Waals surface area contributed by atoms with E-state index in [0.717, 1.165) is 60.7 Å². The summed E-state index contributed by atoms with van der Waals surface area (Å²) in [5.41, 5.74) is 5.27. The minimum atomic E-state index is -0.512. The van der Waals surface area contributed by atoms with Gasteiger partial charge < -0.3 is 15.0 Å². The number of fused-ring (bicyclic) bond motifs is 1. The minimum Gasteiger partial charge on any atom is -0.378 e. The van der Waals surface area contributed by atoms with E-state index in [9.17, 15) is 4.39 Å². The second kappa shape index (κ2) is 8.50. The minimum absolute atomic E-state index is 0.262. The van der Waals surface area contributed by atoms with Crippen LogP contribution in [0.5, 0.6) is 0 Å². The van der Waals surface area contributed by atoms with Gasteiger partial charge in [-0.15, -0.1) is 0 Å². The molecule has 0 unspecified atom stereocenters. The zero-order valence-electron chi connectivity index (χ0n) is 18.6. The summed E-state index contributed by atoms with van der Waals surface area (Å²) in [4.78, 5) is 10.8. The van der Waals surface area contributed by atoms with Gasteiger partial charge in [0.05, 0.1) is 18.9 Å². The molecule has 7 nitrogen and oxygen atoms in total. The Bertz CT molecular complexity index is 1110. The molecule has 0 saturated carbocycles. The maximum atomic E-state index is 14.4. The second-order valence-corrected chi connectivity index (χ2v) is 9.41. The van der Waals surface area contributed by atoms with Gasteiger partial charge in [-0.3, -0.25) is 5.10 Å². The summed E-state index contributed by atoms with van der Waals surface area (Å²) in [5.74, 6) is 0.922. The molecule has 5 rings (SSSR count). The summed E-state index contributed by atoms with van der Waals surface area (Å²) in [6.45, 7) is 8.18. The number of morpholine rings is 1. The van der Waals surface area contributed by atoms with Crippen LogP contribution in [-0.2, 0) is 24.1 Å². The fraction of sp³-hybridized carbons (Fsp3) is 0.458. The maximum absolute atomic E-state index is 14.4. The number of anilines is 2. The molecule has 0 bridgehead atoms. The summed E-state index contributed by atoms with van der Waals surface area (Å²) < 4.78 is 19.8. The summed E-state index contributed by atoms with van der Waals surface area (Å²) in [7, 11) is 0. The number of nitrogens with one attached hydrogen (secondary N) is 2. The number of aromatic nitrogens is 4. The molecule has 0 amide bonds. The first kappa shape index (κ1) is 20.9. The van der Waals surface area contributed by atoms with E-state index in [-0.39, 0.29) is 5.41 Å². The van der Waals surface area contributed by atoms with Crippen molar-refractivity contribution in [3.63, 3.8) is 0 Å². The van der Waals surface area contributed by atoms with E-state index in [4.69, 9.17) is 4.74 Å². The first-order chi connectivity index (χ1) is 15.5. The molecule has 0 spiro atoms. The van der Waals surface area contributed by atoms with Gasteiger partial charge in [-0.2, -0.15) is 9.49 Å². The Balaban J connectivity index is 1.33. The quantitative estimate of drug-likeness (QED) is 0.590. The van der Waals surface area contributed by atoms with Gasteiger partial charge in [0.1, 0.15) is 11.6 Å². The number of aromatic amines is 1. The van der Waals surface area contributed by atoms with Crippen LogP contribution in [-0.4, -0.2) is 46.5 Å². The highest BCUT2D eigenvalue weighted by molar-refractivity contribution is 5.67. The Hall–Kier alpha value is -3.00. The topological polar surface area (TPSA) is 79.0 Å². The van der Waals surface area contributed by atoms with Gasteiger partial charge in [0, 0.05) is 48.7 Å². The highest BCUT2D eigenvalue weighted by atomic mass is 19.1. The van der Waals surface area contributed by atoms with E-state index in [1.165, 1.54) is 11.6 Å². The van der Waals surface area contributed by atoms with E-state index in [0.29, 0.717) is 25.6 Å². The van der Waals surface area contributed by atoms with Crippen LogP contribution in [0.2, 0.25) is 0 Å². The molecule has 0 radical (unpaired) electrons. The van der Waals surface area contributed by atoms with E-state index in [2.05, 4.69) is 50.3 Å². The van der Waals surface area contributed by atoms with Gasteiger partial charge in [0.15, 0.2) is 0 Å². The lowest BCUT2D eigenvalue weighted by Gasteiger charge is -2.29. The largest absolute Gasteiger partial charge is 0.378 e. The molecule has 3 aromatic heterocycles. The first-order valence-corrected chi connectivity index (χ1v) is 11.2. The molecule has 32 heavy (non-hydrogen) atoms. The summed E-state index contributed by atoms with van der Waals surface area (Å²) in [5, 5.41) is 11.0. The fourth-order valence-corrected chi connectivity index (χ4v) is 4.54. The van der Waals surface area contributed by atoms with E-state index < -0.39 is 5.95 Å². The normalized spacial score (nSPS) is 17.8. The monoisotopic (exact) mass is 436 g/mol. The third-order valence-electron chi connectivity index (χ3n) is 6.35. The predicted molar refractivity (Wildman–Crippen MR) is 122 cm³/mol. The lowest BCUT2D eigenvalue weighted by Crippen LogP contribution is -2.36. The molecule has 3 aromatic rings. The van der Waals surface area contributed by atoms with Crippen LogP contribution in [0.4, 0.5) is 16.0 Å². The van der Waals surface area contributed by atoms with Crippen molar-refractivity contribution in [3.8, 4) is 11.3 Å². The molecule has 1 aliphatic carbocycles. The highest BCUT2D eigenvalue weighted by Crippen LogP contribution is 2.38. The fourth-order valence-electron chi connectivity index (χ4n) is 4.54. The standard InChI is InChI=1S/C24H29FN6O/c1-24(2)5-3-18-19(14-24)29-30-23(18)17-12-20(25)28-21(13-17)27-15-16-4-6-26-22(11-16)31-7-9-32-10-8-31/h4,6,11-13H,3,5,7-10,14-15H2,1-2H3,(H,27,28)(H,29,30). The Morgan fingerprint density at radius 2 is 2.06 bits per heavy atom. The number of H-pyrrole nitrogens is 1. The molecule has 2 aliphatic rings. The van der Waals surface area contributed by atoms with Crippen LogP contribution in [0.15, 0.2) is 30.5 Å². The molecule has 168 valence electrons. The molecule has 1 saturated heterocycles. The zero-order chi connectivity index (χ0) is 22.1. The molecule has 0 aromatic carbocycles. The van der Waals surface area contributed by atoms with Crippen molar-refractivity contribution < 1.29 is 9.13 Å². The van der Waals surface area contributed by atoms with Crippen LogP contribution in [0.3, 0.4) is 0 Å². The number of nitrogens with zero attached hydrogens (tertiary/aromatic N) is 4. The van der Waals surface area contributed by atoms with Crippen molar-refractivity contribution in [2.75, 3.05) is 36.5 Å². The van der Waals surface area contributed by atoms with Crippen LogP contribution in [0.25, 0.3) is 11.3 Å². The van der Waals surface area contributed by atoms with Gasteiger partial charge >= 0.3 is 0 Å². The van der Waals surface area contributed by atoms with Crippen molar-refractivity contribution >= 4 is 11.6 Å². The lowest BCUT2D eigenvalue weighted by molar-refractivity contribution is 0.122. The number of ether oxygens (including phenoxy) is 1. The van der Waals surface area contributed by atoms with Crippen LogP contribution >= 0.6 is 0 Å². The molecule has 1 fully saturated rings. The van der Waals surface area contributed by atoms with Crippen molar-refractivity contribution in [2.24, 2.45) is 5.41 Å². The van der Waals surface area contributed by atoms with E-state index in [1.807, 2.05) is 18.3 Å². The number of pyridine rings is 2. The van der Waals surface area contributed by atoms with Gasteiger partial charge in [0.25, 0.3) is 0 Å². The third kappa shape index (κ3) is 4.46. The van der Waals surface area contributed by atoms with Gasteiger partial charge in [-0.1, -0.05) is 13.8 Å². The molecular formula is C24H29FN6O. The first-order valence-electron chi connectivity index (χ1n) is 11.2. The maximum Gasteiger partial charge on any atom is 0.215 e. The van der Waals surface area contributed by atoms with Gasteiger partial charge in [0.2, 0.25) is 5.95 Å². The predicted octanol–water partition coefficient (Wildman–Crippen LogP) is 3.97. The molecule has 2 N–H and O–H groups in total. The number of halogens is 1. The van der Waals surface area contributed by atoms with E-state index >= 15 is 0 Å². The molecule has 0 atom stereocenters. The number of rotatable bonds is 5. The van der Waals surface area contributed by atoms with Crippen molar-refractivity contribution in [2.45, 2.75) is 39.7 Å². The average Bonchev–Trinajstić information content (AvgIpc) is 3.20. The number of hydrogen-bond acceptors (Lipinski definition) is 6.